The van der Waals surface area contributed by atoms with E-state index in [1.54, 1.807) is 0 Å². The van der Waals surface area contributed by atoms with Crippen molar-refractivity contribution in [3.05, 3.63) is 0 Å². The maximum Gasteiger partial charge on any atom is 0.102 e. The standard InChI is InChI=1S/C27H58NO.ClH/c1-4-6-8-10-12-14-16-18-20-22-24-28(3,26-27-29)25-23-21-19-17-15-13-11-9-7-5-2;/h29H,4-27H2,1-3H3;1H/q+1;/p-1. The summed E-state index contributed by atoms with van der Waals surface area (Å²) >= 11 is 0. The molecule has 0 aromatic carbocycles. The zero-order chi connectivity index (χ0) is 21.5. The Kier molecular flexibility index (Phi) is 27.5. The van der Waals surface area contributed by atoms with Gasteiger partial charge in [0.05, 0.1) is 26.7 Å². The highest BCUT2D eigenvalue weighted by molar-refractivity contribution is 4.51. The van der Waals surface area contributed by atoms with E-state index in [2.05, 4.69) is 20.9 Å². The Balaban J connectivity index is 0. The molecule has 0 rings (SSSR count). The van der Waals surface area contributed by atoms with Crippen LogP contribution in [0.3, 0.4) is 0 Å². The Labute approximate surface area is 197 Å². The van der Waals surface area contributed by atoms with Crippen molar-refractivity contribution in [2.24, 2.45) is 0 Å². The molecule has 0 heterocycles. The van der Waals surface area contributed by atoms with E-state index in [0.717, 1.165) is 11.0 Å². The molecule has 0 aromatic rings. The fourth-order valence-electron chi connectivity index (χ4n) is 4.54. The SMILES string of the molecule is CCCCCCCCCCCC[N+](C)(CCO)CCCCCCCCCCCC.[Cl-]. The van der Waals surface area contributed by atoms with Crippen LogP contribution in [0.2, 0.25) is 0 Å². The van der Waals surface area contributed by atoms with Crippen LogP contribution in [0.15, 0.2) is 0 Å². The highest BCUT2D eigenvalue weighted by Crippen LogP contribution is 2.15. The number of hydrogen-bond acceptors (Lipinski definition) is 1. The summed E-state index contributed by atoms with van der Waals surface area (Å²) in [5.74, 6) is 0. The van der Waals surface area contributed by atoms with Crippen LogP contribution < -0.4 is 12.4 Å². The molecule has 0 atom stereocenters. The number of unbranched alkanes of at least 4 members (excludes halogenated alkanes) is 18. The minimum absolute atomic E-state index is 0. The summed E-state index contributed by atoms with van der Waals surface area (Å²) in [4.78, 5) is 0. The largest absolute Gasteiger partial charge is 1.00 e. The van der Waals surface area contributed by atoms with E-state index >= 15 is 0 Å². The molecular formula is C27H58ClNO. The monoisotopic (exact) mass is 447 g/mol. The summed E-state index contributed by atoms with van der Waals surface area (Å²) in [6.45, 7) is 8.38. The minimum atomic E-state index is 0. The molecule has 0 aliphatic rings. The summed E-state index contributed by atoms with van der Waals surface area (Å²) in [5.41, 5.74) is 0. The second-order valence-electron chi connectivity index (χ2n) is 9.88. The van der Waals surface area contributed by atoms with E-state index in [1.165, 1.54) is 142 Å². The summed E-state index contributed by atoms with van der Waals surface area (Å²) < 4.78 is 1.09. The topological polar surface area (TPSA) is 20.2 Å². The Morgan fingerprint density at radius 3 is 0.967 bits per heavy atom. The zero-order valence-electron chi connectivity index (χ0n) is 21.2. The van der Waals surface area contributed by atoms with Crippen molar-refractivity contribution < 1.29 is 22.0 Å². The number of rotatable bonds is 24. The molecule has 0 radical (unpaired) electrons. The molecule has 0 fully saturated rings. The van der Waals surface area contributed by atoms with Gasteiger partial charge in [-0.15, -0.1) is 0 Å². The number of hydrogen-bond donors (Lipinski definition) is 1. The molecule has 0 bridgehead atoms. The molecule has 1 N–H and O–H groups in total. The molecule has 2 nitrogen and oxygen atoms in total. The van der Waals surface area contributed by atoms with Crippen molar-refractivity contribution in [2.75, 3.05) is 33.3 Å². The first kappa shape index (κ1) is 32.4. The van der Waals surface area contributed by atoms with Crippen LogP contribution in [0.4, 0.5) is 0 Å². The Hall–Kier alpha value is 0.210. The summed E-state index contributed by atoms with van der Waals surface area (Å²) in [5, 5.41) is 9.51. The predicted octanol–water partition coefficient (Wildman–Crippen LogP) is 5.27. The number of quaternary nitrogens is 1. The molecule has 3 heteroatoms. The van der Waals surface area contributed by atoms with Gasteiger partial charge >= 0.3 is 0 Å². The van der Waals surface area contributed by atoms with Crippen molar-refractivity contribution >= 4 is 0 Å². The van der Waals surface area contributed by atoms with Crippen LogP contribution in [0, 0.1) is 0 Å². The zero-order valence-corrected chi connectivity index (χ0v) is 22.0. The van der Waals surface area contributed by atoms with Gasteiger partial charge in [0.1, 0.15) is 6.54 Å². The van der Waals surface area contributed by atoms with E-state index in [-0.39, 0.29) is 12.4 Å². The van der Waals surface area contributed by atoms with Crippen molar-refractivity contribution in [1.29, 1.82) is 0 Å². The Bertz CT molecular complexity index is 287. The van der Waals surface area contributed by atoms with Crippen LogP contribution in [0.1, 0.15) is 142 Å². The summed E-state index contributed by atoms with van der Waals surface area (Å²) in [7, 11) is 2.37. The van der Waals surface area contributed by atoms with Gasteiger partial charge in [-0.05, 0) is 25.7 Å². The van der Waals surface area contributed by atoms with Crippen LogP contribution >= 0.6 is 0 Å². The third kappa shape index (κ3) is 22.9. The molecule has 184 valence electrons. The van der Waals surface area contributed by atoms with Crippen molar-refractivity contribution in [2.45, 2.75) is 142 Å². The van der Waals surface area contributed by atoms with Crippen molar-refractivity contribution in [3.8, 4) is 0 Å². The van der Waals surface area contributed by atoms with E-state index in [9.17, 15) is 5.11 Å². The van der Waals surface area contributed by atoms with Gasteiger partial charge in [0.2, 0.25) is 0 Å². The van der Waals surface area contributed by atoms with Crippen molar-refractivity contribution in [1.82, 2.24) is 0 Å². The van der Waals surface area contributed by atoms with E-state index < -0.39 is 0 Å². The van der Waals surface area contributed by atoms with Gasteiger partial charge in [-0.1, -0.05) is 117 Å². The lowest BCUT2D eigenvalue weighted by molar-refractivity contribution is -0.910. The highest BCUT2D eigenvalue weighted by atomic mass is 35.5. The van der Waals surface area contributed by atoms with Gasteiger partial charge < -0.3 is 22.0 Å². The Morgan fingerprint density at radius 2 is 0.700 bits per heavy atom. The Morgan fingerprint density at radius 1 is 0.433 bits per heavy atom. The third-order valence-electron chi connectivity index (χ3n) is 6.74. The lowest BCUT2D eigenvalue weighted by Crippen LogP contribution is -3.00. The highest BCUT2D eigenvalue weighted by Gasteiger charge is 2.19. The molecule has 0 amide bonds. The van der Waals surface area contributed by atoms with E-state index in [0.29, 0.717) is 6.61 Å². The molecular weight excluding hydrogens is 390 g/mol. The van der Waals surface area contributed by atoms with Gasteiger partial charge in [-0.3, -0.25) is 0 Å². The second kappa shape index (κ2) is 25.5. The molecule has 0 unspecified atom stereocenters. The quantitative estimate of drug-likeness (QED) is 0.158. The van der Waals surface area contributed by atoms with E-state index in [4.69, 9.17) is 0 Å². The maximum atomic E-state index is 9.51. The molecule has 0 aromatic heterocycles. The van der Waals surface area contributed by atoms with Crippen LogP contribution in [-0.2, 0) is 0 Å². The lowest BCUT2D eigenvalue weighted by Gasteiger charge is -2.34. The first-order valence-electron chi connectivity index (χ1n) is 13.6. The summed E-state index contributed by atoms with van der Waals surface area (Å²) in [6, 6.07) is 0. The van der Waals surface area contributed by atoms with Crippen molar-refractivity contribution in [3.63, 3.8) is 0 Å². The first-order valence-corrected chi connectivity index (χ1v) is 13.6. The first-order chi connectivity index (χ1) is 14.2. The average Bonchev–Trinajstić information content (AvgIpc) is 2.71. The summed E-state index contributed by atoms with van der Waals surface area (Å²) in [6.07, 6.45) is 28.2. The molecule has 0 saturated heterocycles. The van der Waals surface area contributed by atoms with Gasteiger partial charge in [-0.2, -0.15) is 0 Å². The number of aliphatic hydroxyl groups is 1. The number of halogens is 1. The van der Waals surface area contributed by atoms with Crippen LogP contribution in [-0.4, -0.2) is 42.9 Å². The van der Waals surface area contributed by atoms with Gasteiger partial charge in [-0.25, -0.2) is 0 Å². The number of likely N-dealkylation sites (N-methyl/N-ethyl adjacent to an activating group) is 1. The fraction of sp³-hybridized carbons (Fsp3) is 1.00. The molecule has 30 heavy (non-hydrogen) atoms. The smallest absolute Gasteiger partial charge is 0.102 e. The maximum absolute atomic E-state index is 9.51. The molecule has 0 aliphatic carbocycles. The van der Waals surface area contributed by atoms with E-state index in [1.807, 2.05) is 0 Å². The van der Waals surface area contributed by atoms with Crippen LogP contribution in [0.5, 0.6) is 0 Å². The lowest BCUT2D eigenvalue weighted by atomic mass is 10.1. The fourth-order valence-corrected chi connectivity index (χ4v) is 4.54. The molecule has 0 spiro atoms. The van der Waals surface area contributed by atoms with Gasteiger partial charge in [0.15, 0.2) is 0 Å². The minimum Gasteiger partial charge on any atom is -1.00 e. The normalized spacial score (nSPS) is 11.6. The van der Waals surface area contributed by atoms with Gasteiger partial charge in [0.25, 0.3) is 0 Å². The van der Waals surface area contributed by atoms with Crippen LogP contribution in [0.25, 0.3) is 0 Å². The number of nitrogens with zero attached hydrogens (tertiary/aromatic N) is 1. The third-order valence-corrected chi connectivity index (χ3v) is 6.74. The average molecular weight is 448 g/mol. The number of aliphatic hydroxyl groups excluding tert-OH is 1. The second-order valence-corrected chi connectivity index (χ2v) is 9.88. The molecule has 0 saturated carbocycles. The van der Waals surface area contributed by atoms with Gasteiger partial charge in [0, 0.05) is 0 Å². The predicted molar refractivity (Wildman–Crippen MR) is 132 cm³/mol. The molecule has 0 aliphatic heterocycles.